The predicted molar refractivity (Wildman–Crippen MR) is 73.4 cm³/mol. The highest BCUT2D eigenvalue weighted by atomic mass is 15.2. The molecule has 0 aromatic rings. The molecule has 0 aromatic carbocycles. The lowest BCUT2D eigenvalue weighted by Gasteiger charge is -2.34. The van der Waals surface area contributed by atoms with Crippen molar-refractivity contribution in [2.45, 2.75) is 38.1 Å². The van der Waals surface area contributed by atoms with E-state index in [-0.39, 0.29) is 0 Å². The van der Waals surface area contributed by atoms with E-state index in [2.05, 4.69) is 29.2 Å². The molecule has 0 aromatic heterocycles. The van der Waals surface area contributed by atoms with Crippen molar-refractivity contribution in [2.75, 3.05) is 46.8 Å². The molecule has 0 aliphatic carbocycles. The molecular weight excluding hydrogens is 210 g/mol. The minimum Gasteiger partial charge on any atom is -0.315 e. The molecule has 0 bridgehead atoms. The van der Waals surface area contributed by atoms with Crippen LogP contribution in [0.1, 0.15) is 32.1 Å². The van der Waals surface area contributed by atoms with Crippen LogP contribution in [0.2, 0.25) is 0 Å². The summed E-state index contributed by atoms with van der Waals surface area (Å²) < 4.78 is 0. The van der Waals surface area contributed by atoms with Gasteiger partial charge in [-0.05, 0) is 71.8 Å². The van der Waals surface area contributed by atoms with Crippen LogP contribution in [0.15, 0.2) is 0 Å². The molecule has 0 spiro atoms. The SMILES string of the molecule is CN1CCCC(CCN(C)C2CCCNC2)C1. The molecule has 3 nitrogen and oxygen atoms in total. The highest BCUT2D eigenvalue weighted by Crippen LogP contribution is 2.19. The first-order valence-electron chi connectivity index (χ1n) is 7.35. The molecule has 2 unspecified atom stereocenters. The summed E-state index contributed by atoms with van der Waals surface area (Å²) in [6, 6.07) is 0.782. The normalized spacial score (nSPS) is 31.9. The number of likely N-dealkylation sites (N-methyl/N-ethyl adjacent to an activating group) is 1. The maximum Gasteiger partial charge on any atom is 0.0218 e. The van der Waals surface area contributed by atoms with Crippen LogP contribution in [0.4, 0.5) is 0 Å². The summed E-state index contributed by atoms with van der Waals surface area (Å²) in [6.45, 7) is 6.32. The topological polar surface area (TPSA) is 18.5 Å². The average Bonchev–Trinajstić information content (AvgIpc) is 2.37. The van der Waals surface area contributed by atoms with Crippen LogP contribution in [0.5, 0.6) is 0 Å². The Balaban J connectivity index is 1.66. The fraction of sp³-hybridized carbons (Fsp3) is 1.00. The van der Waals surface area contributed by atoms with Crippen LogP contribution >= 0.6 is 0 Å². The fourth-order valence-corrected chi connectivity index (χ4v) is 3.29. The number of rotatable bonds is 4. The van der Waals surface area contributed by atoms with Crippen molar-refractivity contribution in [2.24, 2.45) is 5.92 Å². The van der Waals surface area contributed by atoms with Crippen molar-refractivity contribution in [1.29, 1.82) is 0 Å². The molecule has 0 radical (unpaired) electrons. The van der Waals surface area contributed by atoms with Crippen molar-refractivity contribution in [3.8, 4) is 0 Å². The van der Waals surface area contributed by atoms with Gasteiger partial charge < -0.3 is 15.1 Å². The van der Waals surface area contributed by atoms with Gasteiger partial charge in [0.05, 0.1) is 0 Å². The van der Waals surface area contributed by atoms with E-state index in [1.807, 2.05) is 0 Å². The second-order valence-electron chi connectivity index (χ2n) is 6.04. The number of piperidine rings is 2. The summed E-state index contributed by atoms with van der Waals surface area (Å²) in [6.07, 6.45) is 6.96. The van der Waals surface area contributed by atoms with Gasteiger partial charge in [-0.25, -0.2) is 0 Å². The third-order valence-electron chi connectivity index (χ3n) is 4.51. The quantitative estimate of drug-likeness (QED) is 0.800. The van der Waals surface area contributed by atoms with E-state index in [1.165, 1.54) is 64.8 Å². The van der Waals surface area contributed by atoms with Gasteiger partial charge >= 0.3 is 0 Å². The third kappa shape index (κ3) is 4.23. The Bertz CT molecular complexity index is 214. The molecule has 100 valence electrons. The lowest BCUT2D eigenvalue weighted by atomic mass is 9.94. The van der Waals surface area contributed by atoms with Crippen LogP contribution in [0.25, 0.3) is 0 Å². The third-order valence-corrected chi connectivity index (χ3v) is 4.51. The van der Waals surface area contributed by atoms with E-state index in [4.69, 9.17) is 0 Å². The van der Waals surface area contributed by atoms with Crippen molar-refractivity contribution in [3.05, 3.63) is 0 Å². The lowest BCUT2D eigenvalue weighted by Crippen LogP contribution is -2.45. The van der Waals surface area contributed by atoms with Gasteiger partial charge in [0.15, 0.2) is 0 Å². The highest BCUT2D eigenvalue weighted by Gasteiger charge is 2.20. The molecule has 2 aliphatic rings. The first-order chi connectivity index (χ1) is 8.25. The smallest absolute Gasteiger partial charge is 0.0218 e. The predicted octanol–water partition coefficient (Wildman–Crippen LogP) is 1.40. The monoisotopic (exact) mass is 239 g/mol. The number of hydrogen-bond acceptors (Lipinski definition) is 3. The Morgan fingerprint density at radius 2 is 2.18 bits per heavy atom. The van der Waals surface area contributed by atoms with Gasteiger partial charge in [-0.1, -0.05) is 0 Å². The summed E-state index contributed by atoms with van der Waals surface area (Å²) in [7, 11) is 4.57. The number of hydrogen-bond donors (Lipinski definition) is 1. The standard InChI is InChI=1S/C14H29N3/c1-16-9-4-5-13(12-16)7-10-17(2)14-6-3-8-15-11-14/h13-15H,3-12H2,1-2H3. The highest BCUT2D eigenvalue weighted by molar-refractivity contribution is 4.78. The van der Waals surface area contributed by atoms with Crippen LogP contribution < -0.4 is 5.32 Å². The Morgan fingerprint density at radius 3 is 2.88 bits per heavy atom. The first-order valence-corrected chi connectivity index (χ1v) is 7.35. The van der Waals surface area contributed by atoms with Gasteiger partial charge in [0, 0.05) is 19.1 Å². The fourth-order valence-electron chi connectivity index (χ4n) is 3.29. The van der Waals surface area contributed by atoms with Crippen molar-refractivity contribution >= 4 is 0 Å². The summed E-state index contributed by atoms with van der Waals surface area (Å²) in [5, 5.41) is 3.51. The number of nitrogens with zero attached hydrogens (tertiary/aromatic N) is 2. The lowest BCUT2D eigenvalue weighted by molar-refractivity contribution is 0.158. The Labute approximate surface area is 107 Å². The second kappa shape index (κ2) is 6.72. The molecule has 0 amide bonds. The van der Waals surface area contributed by atoms with E-state index < -0.39 is 0 Å². The Morgan fingerprint density at radius 1 is 1.29 bits per heavy atom. The molecule has 17 heavy (non-hydrogen) atoms. The van der Waals surface area contributed by atoms with Crippen LogP contribution in [-0.4, -0.2) is 62.7 Å². The summed E-state index contributed by atoms with van der Waals surface area (Å²) >= 11 is 0. The molecule has 2 atom stereocenters. The molecule has 1 N–H and O–H groups in total. The minimum atomic E-state index is 0.782. The van der Waals surface area contributed by atoms with E-state index in [1.54, 1.807) is 0 Å². The van der Waals surface area contributed by atoms with Gasteiger partial charge in [0.1, 0.15) is 0 Å². The maximum absolute atomic E-state index is 3.51. The zero-order chi connectivity index (χ0) is 12.1. The maximum atomic E-state index is 3.51. The molecule has 2 aliphatic heterocycles. The summed E-state index contributed by atoms with van der Waals surface area (Å²) in [5.74, 6) is 0.938. The van der Waals surface area contributed by atoms with Gasteiger partial charge in [-0.15, -0.1) is 0 Å². The van der Waals surface area contributed by atoms with E-state index in [9.17, 15) is 0 Å². The van der Waals surface area contributed by atoms with Crippen LogP contribution in [0.3, 0.4) is 0 Å². The molecule has 2 saturated heterocycles. The Kier molecular flexibility index (Phi) is 5.26. The summed E-state index contributed by atoms with van der Waals surface area (Å²) in [5.41, 5.74) is 0. The summed E-state index contributed by atoms with van der Waals surface area (Å²) in [4.78, 5) is 5.08. The van der Waals surface area contributed by atoms with Gasteiger partial charge in [-0.2, -0.15) is 0 Å². The van der Waals surface area contributed by atoms with E-state index in [0.717, 1.165) is 12.0 Å². The zero-order valence-electron chi connectivity index (χ0n) is 11.6. The van der Waals surface area contributed by atoms with Crippen LogP contribution in [-0.2, 0) is 0 Å². The molecule has 3 heteroatoms. The van der Waals surface area contributed by atoms with Crippen LogP contribution in [0, 0.1) is 5.92 Å². The molecular formula is C14H29N3. The molecule has 0 saturated carbocycles. The Hall–Kier alpha value is -0.120. The van der Waals surface area contributed by atoms with Gasteiger partial charge in [0.25, 0.3) is 0 Å². The number of likely N-dealkylation sites (tertiary alicyclic amines) is 1. The largest absolute Gasteiger partial charge is 0.315 e. The molecule has 2 fully saturated rings. The minimum absolute atomic E-state index is 0.782. The zero-order valence-corrected chi connectivity index (χ0v) is 11.6. The second-order valence-corrected chi connectivity index (χ2v) is 6.04. The molecule has 2 rings (SSSR count). The van der Waals surface area contributed by atoms with E-state index >= 15 is 0 Å². The number of nitrogens with one attached hydrogen (secondary N) is 1. The van der Waals surface area contributed by atoms with E-state index in [0.29, 0.717) is 0 Å². The first kappa shape index (κ1) is 13.3. The van der Waals surface area contributed by atoms with Gasteiger partial charge in [-0.3, -0.25) is 0 Å². The molecule has 2 heterocycles. The average molecular weight is 239 g/mol. The van der Waals surface area contributed by atoms with Crippen molar-refractivity contribution in [3.63, 3.8) is 0 Å². The van der Waals surface area contributed by atoms with Crippen molar-refractivity contribution < 1.29 is 0 Å². The van der Waals surface area contributed by atoms with Crippen molar-refractivity contribution in [1.82, 2.24) is 15.1 Å². The van der Waals surface area contributed by atoms with Gasteiger partial charge in [0.2, 0.25) is 0 Å².